The Kier molecular flexibility index (Phi) is 4.65. The van der Waals surface area contributed by atoms with E-state index in [1.165, 1.54) is 22.3 Å². The van der Waals surface area contributed by atoms with Gasteiger partial charge in [-0.05, 0) is 59.2 Å². The topological polar surface area (TPSA) is 34.1 Å². The van der Waals surface area contributed by atoms with Crippen LogP contribution in [0.3, 0.4) is 0 Å². The third-order valence-electron chi connectivity index (χ3n) is 4.02. The van der Waals surface area contributed by atoms with Crippen LogP contribution in [0.2, 0.25) is 5.02 Å². The zero-order chi connectivity index (χ0) is 15.5. The van der Waals surface area contributed by atoms with Crippen molar-refractivity contribution in [2.75, 3.05) is 0 Å². The molecule has 114 valence electrons. The molecule has 0 atom stereocenters. The Labute approximate surface area is 137 Å². The first-order valence-corrected chi connectivity index (χ1v) is 9.06. The Morgan fingerprint density at radius 2 is 1.32 bits per heavy atom. The Hall–Kier alpha value is -1.58. The second-order valence-electron chi connectivity index (χ2n) is 5.51. The molecule has 0 radical (unpaired) electrons. The van der Waals surface area contributed by atoms with Crippen molar-refractivity contribution in [1.29, 1.82) is 0 Å². The predicted molar refractivity (Wildman–Crippen MR) is 92.6 cm³/mol. The molecule has 0 unspecified atom stereocenters. The maximum absolute atomic E-state index is 10.8. The van der Waals surface area contributed by atoms with E-state index in [-0.39, 0.29) is 5.75 Å². The average molecular weight is 333 g/mol. The van der Waals surface area contributed by atoms with Crippen LogP contribution in [0.5, 0.6) is 0 Å². The van der Waals surface area contributed by atoms with Crippen molar-refractivity contribution < 1.29 is 8.42 Å². The highest BCUT2D eigenvalue weighted by atomic mass is 35.5. The van der Waals surface area contributed by atoms with E-state index in [2.05, 4.69) is 12.1 Å². The standard InChI is InChI=1S/C18H17ClO2S/c19-16-10-8-15(9-11-16)18-3-1-2-17(18)14-6-4-13(5-7-14)12-22(20)21/h4-11,22H,1-3,12H2. The lowest BCUT2D eigenvalue weighted by molar-refractivity contribution is 0.614. The highest BCUT2D eigenvalue weighted by Gasteiger charge is 2.17. The van der Waals surface area contributed by atoms with Gasteiger partial charge in [0, 0.05) is 5.02 Å². The fraction of sp³-hybridized carbons (Fsp3) is 0.222. The van der Waals surface area contributed by atoms with Gasteiger partial charge in [-0.1, -0.05) is 48.0 Å². The normalized spacial score (nSPS) is 14.8. The van der Waals surface area contributed by atoms with E-state index < -0.39 is 10.7 Å². The van der Waals surface area contributed by atoms with Gasteiger partial charge in [0.15, 0.2) is 0 Å². The number of halogens is 1. The first kappa shape index (κ1) is 15.3. The van der Waals surface area contributed by atoms with Gasteiger partial charge in [-0.25, -0.2) is 8.42 Å². The molecule has 0 aliphatic heterocycles. The van der Waals surface area contributed by atoms with Gasteiger partial charge in [0.05, 0.1) is 5.75 Å². The number of hydrogen-bond donors (Lipinski definition) is 1. The Morgan fingerprint density at radius 1 is 0.818 bits per heavy atom. The molecule has 2 nitrogen and oxygen atoms in total. The monoisotopic (exact) mass is 332 g/mol. The minimum absolute atomic E-state index is 0.110. The van der Waals surface area contributed by atoms with Gasteiger partial charge >= 0.3 is 0 Å². The molecule has 1 aliphatic carbocycles. The molecule has 1 aliphatic rings. The summed E-state index contributed by atoms with van der Waals surface area (Å²) in [6, 6.07) is 15.9. The maximum Gasteiger partial charge on any atom is 0.144 e. The van der Waals surface area contributed by atoms with E-state index in [4.69, 9.17) is 11.6 Å². The van der Waals surface area contributed by atoms with Crippen molar-refractivity contribution in [3.05, 3.63) is 70.2 Å². The highest BCUT2D eigenvalue weighted by molar-refractivity contribution is 7.71. The average Bonchev–Trinajstić information content (AvgIpc) is 2.97. The fourth-order valence-corrected chi connectivity index (χ4v) is 3.63. The first-order chi connectivity index (χ1) is 10.6. The first-order valence-electron chi connectivity index (χ1n) is 7.32. The maximum atomic E-state index is 10.8. The summed E-state index contributed by atoms with van der Waals surface area (Å²) in [5.41, 5.74) is 5.99. The number of benzene rings is 2. The van der Waals surface area contributed by atoms with Crippen molar-refractivity contribution in [3.8, 4) is 0 Å². The zero-order valence-electron chi connectivity index (χ0n) is 12.1. The third-order valence-corrected chi connectivity index (χ3v) is 4.90. The van der Waals surface area contributed by atoms with Gasteiger partial charge in [0.1, 0.15) is 10.7 Å². The largest absolute Gasteiger partial charge is 0.232 e. The van der Waals surface area contributed by atoms with Crippen LogP contribution in [0.15, 0.2) is 48.5 Å². The molecule has 0 saturated carbocycles. The highest BCUT2D eigenvalue weighted by Crippen LogP contribution is 2.39. The molecule has 0 N–H and O–H groups in total. The zero-order valence-corrected chi connectivity index (χ0v) is 13.7. The van der Waals surface area contributed by atoms with E-state index in [9.17, 15) is 8.42 Å². The Bertz CT molecular complexity index is 764. The van der Waals surface area contributed by atoms with Gasteiger partial charge in [-0.15, -0.1) is 0 Å². The van der Waals surface area contributed by atoms with E-state index in [0.29, 0.717) is 0 Å². The van der Waals surface area contributed by atoms with Crippen LogP contribution < -0.4 is 0 Å². The van der Waals surface area contributed by atoms with Gasteiger partial charge in [0.25, 0.3) is 0 Å². The van der Waals surface area contributed by atoms with Crippen molar-refractivity contribution in [1.82, 2.24) is 0 Å². The summed E-state index contributed by atoms with van der Waals surface area (Å²) >= 11 is 5.97. The molecule has 4 heteroatoms. The molecule has 3 rings (SSSR count). The minimum Gasteiger partial charge on any atom is -0.232 e. The van der Waals surface area contributed by atoms with E-state index >= 15 is 0 Å². The quantitative estimate of drug-likeness (QED) is 0.834. The minimum atomic E-state index is -2.37. The van der Waals surface area contributed by atoms with Crippen LogP contribution in [0, 0.1) is 0 Å². The molecular formula is C18H17ClO2S. The van der Waals surface area contributed by atoms with Crippen LogP contribution in [0.4, 0.5) is 0 Å². The van der Waals surface area contributed by atoms with Crippen molar-refractivity contribution in [2.24, 2.45) is 0 Å². The Morgan fingerprint density at radius 3 is 1.82 bits per heavy atom. The molecule has 0 aromatic heterocycles. The molecule has 2 aromatic rings. The molecule has 0 fully saturated rings. The third kappa shape index (κ3) is 3.42. The Balaban J connectivity index is 1.94. The van der Waals surface area contributed by atoms with Crippen LogP contribution in [-0.4, -0.2) is 8.42 Å². The summed E-state index contributed by atoms with van der Waals surface area (Å²) in [6.45, 7) is 0. The summed E-state index contributed by atoms with van der Waals surface area (Å²) < 4.78 is 21.6. The number of thiol groups is 1. The van der Waals surface area contributed by atoms with E-state index in [0.717, 1.165) is 29.8 Å². The van der Waals surface area contributed by atoms with Gasteiger partial charge in [-0.2, -0.15) is 0 Å². The van der Waals surface area contributed by atoms with E-state index in [1.807, 2.05) is 36.4 Å². The summed E-state index contributed by atoms with van der Waals surface area (Å²) in [4.78, 5) is 0. The van der Waals surface area contributed by atoms with Gasteiger partial charge in [-0.3, -0.25) is 0 Å². The second-order valence-corrected chi connectivity index (χ2v) is 6.92. The molecule has 0 saturated heterocycles. The number of rotatable bonds is 4. The SMILES string of the molecule is O=[SH](=O)Cc1ccc(C2=C(c3ccc(Cl)cc3)CCC2)cc1. The smallest absolute Gasteiger partial charge is 0.144 e. The molecule has 0 spiro atoms. The predicted octanol–water partition coefficient (Wildman–Crippen LogP) is 4.55. The van der Waals surface area contributed by atoms with Crippen molar-refractivity contribution in [3.63, 3.8) is 0 Å². The molecule has 0 amide bonds. The van der Waals surface area contributed by atoms with Crippen molar-refractivity contribution in [2.45, 2.75) is 25.0 Å². The number of hydrogen-bond acceptors (Lipinski definition) is 2. The van der Waals surface area contributed by atoms with Crippen LogP contribution in [-0.2, 0) is 16.5 Å². The molecule has 0 heterocycles. The molecule has 0 bridgehead atoms. The van der Waals surface area contributed by atoms with Crippen LogP contribution >= 0.6 is 11.6 Å². The summed E-state index contributed by atoms with van der Waals surface area (Å²) in [5, 5.41) is 0.750. The lowest BCUT2D eigenvalue weighted by Gasteiger charge is -2.09. The fourth-order valence-electron chi connectivity index (χ4n) is 2.99. The van der Waals surface area contributed by atoms with Crippen LogP contribution in [0.1, 0.15) is 36.0 Å². The van der Waals surface area contributed by atoms with E-state index in [1.54, 1.807) is 0 Å². The van der Waals surface area contributed by atoms with Crippen LogP contribution in [0.25, 0.3) is 11.1 Å². The second kappa shape index (κ2) is 6.67. The van der Waals surface area contributed by atoms with Crippen molar-refractivity contribution >= 4 is 33.5 Å². The lowest BCUT2D eigenvalue weighted by Crippen LogP contribution is -1.89. The summed E-state index contributed by atoms with van der Waals surface area (Å²) in [5.74, 6) is 0.110. The molecule has 2 aromatic carbocycles. The lowest BCUT2D eigenvalue weighted by atomic mass is 9.96. The summed E-state index contributed by atoms with van der Waals surface area (Å²) in [6.07, 6.45) is 3.29. The van der Waals surface area contributed by atoms with Gasteiger partial charge in [0.2, 0.25) is 0 Å². The van der Waals surface area contributed by atoms with Gasteiger partial charge < -0.3 is 0 Å². The molecular weight excluding hydrogens is 316 g/mol. The molecule has 22 heavy (non-hydrogen) atoms. The number of allylic oxidation sites excluding steroid dienone is 2. The summed E-state index contributed by atoms with van der Waals surface area (Å²) in [7, 11) is -2.37.